The number of hydrogen-bond acceptors (Lipinski definition) is 4. The van der Waals surface area contributed by atoms with E-state index in [2.05, 4.69) is 9.68 Å². The van der Waals surface area contributed by atoms with E-state index < -0.39 is 0 Å². The smallest absolute Gasteiger partial charge is 0.258 e. The van der Waals surface area contributed by atoms with Crippen molar-refractivity contribution >= 4 is 5.91 Å². The molecule has 0 aromatic carbocycles. The Hall–Kier alpha value is -1.36. The molecule has 1 aromatic heterocycles. The number of carbonyl (C=O) groups excluding carboxylic acids is 1. The topological polar surface area (TPSA) is 66.6 Å². The van der Waals surface area contributed by atoms with Crippen LogP contribution in [0.25, 0.3) is 0 Å². The lowest BCUT2D eigenvalue weighted by molar-refractivity contribution is 0.0361. The first-order chi connectivity index (χ1) is 6.31. The summed E-state index contributed by atoms with van der Waals surface area (Å²) >= 11 is 0. The molecule has 0 aliphatic carbocycles. The van der Waals surface area contributed by atoms with Gasteiger partial charge in [-0.25, -0.2) is 0 Å². The highest BCUT2D eigenvalue weighted by molar-refractivity contribution is 5.94. The molecule has 1 aliphatic rings. The van der Waals surface area contributed by atoms with Gasteiger partial charge >= 0.3 is 0 Å². The van der Waals surface area contributed by atoms with Crippen molar-refractivity contribution in [3.8, 4) is 0 Å². The predicted octanol–water partition coefficient (Wildman–Crippen LogP) is -0.261. The highest BCUT2D eigenvalue weighted by Crippen LogP contribution is 2.17. The minimum Gasteiger partial charge on any atom is -0.396 e. The summed E-state index contributed by atoms with van der Waals surface area (Å²) in [4.78, 5) is 13.2. The van der Waals surface area contributed by atoms with E-state index in [-0.39, 0.29) is 18.4 Å². The molecule has 0 spiro atoms. The molecule has 1 saturated heterocycles. The molecule has 0 unspecified atom stereocenters. The molecule has 1 aliphatic heterocycles. The second kappa shape index (κ2) is 3.18. The Morgan fingerprint density at radius 3 is 3.08 bits per heavy atom. The summed E-state index contributed by atoms with van der Waals surface area (Å²) < 4.78 is 4.56. The van der Waals surface area contributed by atoms with Crippen molar-refractivity contribution in [3.05, 3.63) is 18.0 Å². The quantitative estimate of drug-likeness (QED) is 0.684. The summed E-state index contributed by atoms with van der Waals surface area (Å²) in [6, 6.07) is 0. The first-order valence-electron chi connectivity index (χ1n) is 4.10. The van der Waals surface area contributed by atoms with Gasteiger partial charge < -0.3 is 14.5 Å². The van der Waals surface area contributed by atoms with Crippen molar-refractivity contribution < 1.29 is 14.4 Å². The number of aliphatic hydroxyl groups excluding tert-OH is 1. The summed E-state index contributed by atoms with van der Waals surface area (Å²) in [5.74, 6) is 0.162. The largest absolute Gasteiger partial charge is 0.396 e. The molecule has 0 radical (unpaired) electrons. The van der Waals surface area contributed by atoms with E-state index in [1.807, 2.05) is 0 Å². The zero-order valence-corrected chi connectivity index (χ0v) is 7.01. The molecule has 0 saturated carbocycles. The van der Waals surface area contributed by atoms with E-state index in [0.29, 0.717) is 18.7 Å². The molecule has 0 atom stereocenters. The number of carbonyl (C=O) groups is 1. The van der Waals surface area contributed by atoms with Crippen LogP contribution in [0.2, 0.25) is 0 Å². The Kier molecular flexibility index (Phi) is 2.02. The van der Waals surface area contributed by atoms with E-state index >= 15 is 0 Å². The van der Waals surface area contributed by atoms with Gasteiger partial charge in [-0.1, -0.05) is 5.16 Å². The number of hydrogen-bond donors (Lipinski definition) is 1. The highest BCUT2D eigenvalue weighted by atomic mass is 16.5. The first-order valence-corrected chi connectivity index (χ1v) is 4.10. The van der Waals surface area contributed by atoms with Crippen molar-refractivity contribution in [1.82, 2.24) is 10.1 Å². The fraction of sp³-hybridized carbons (Fsp3) is 0.500. The lowest BCUT2D eigenvalue weighted by Gasteiger charge is -2.37. The van der Waals surface area contributed by atoms with Gasteiger partial charge in [0.25, 0.3) is 5.91 Å². The van der Waals surface area contributed by atoms with Crippen molar-refractivity contribution in [2.24, 2.45) is 5.92 Å². The molecule has 5 heteroatoms. The van der Waals surface area contributed by atoms with Crippen LogP contribution in [-0.4, -0.2) is 40.8 Å². The molecule has 2 rings (SSSR count). The van der Waals surface area contributed by atoms with Crippen LogP contribution in [-0.2, 0) is 0 Å². The number of likely N-dealkylation sites (tertiary alicyclic amines) is 1. The van der Waals surface area contributed by atoms with Crippen LogP contribution in [0.15, 0.2) is 17.0 Å². The number of aromatic nitrogens is 1. The third kappa shape index (κ3) is 1.42. The molecule has 13 heavy (non-hydrogen) atoms. The number of aliphatic hydroxyl groups is 1. The van der Waals surface area contributed by atoms with Gasteiger partial charge in [0.2, 0.25) is 0 Å². The van der Waals surface area contributed by atoms with Gasteiger partial charge in [0.15, 0.2) is 0 Å². The van der Waals surface area contributed by atoms with Gasteiger partial charge in [0.05, 0.1) is 11.8 Å². The van der Waals surface area contributed by atoms with Crippen molar-refractivity contribution in [2.45, 2.75) is 0 Å². The van der Waals surface area contributed by atoms with Crippen LogP contribution < -0.4 is 0 Å². The maximum atomic E-state index is 11.5. The molecule has 5 nitrogen and oxygen atoms in total. The Labute approximate surface area is 74.9 Å². The zero-order valence-electron chi connectivity index (χ0n) is 7.01. The fourth-order valence-corrected chi connectivity index (χ4v) is 1.34. The highest BCUT2D eigenvalue weighted by Gasteiger charge is 2.30. The Morgan fingerprint density at radius 1 is 1.77 bits per heavy atom. The van der Waals surface area contributed by atoms with Crippen LogP contribution in [0.4, 0.5) is 0 Å². The number of nitrogens with zero attached hydrogens (tertiary/aromatic N) is 2. The predicted molar refractivity (Wildman–Crippen MR) is 43.0 cm³/mol. The normalized spacial score (nSPS) is 17.2. The lowest BCUT2D eigenvalue weighted by Crippen LogP contribution is -2.51. The summed E-state index contributed by atoms with van der Waals surface area (Å²) in [6.45, 7) is 1.40. The zero-order chi connectivity index (χ0) is 9.26. The Bertz CT molecular complexity index is 290. The average molecular weight is 182 g/mol. The molecular weight excluding hydrogens is 172 g/mol. The minimum absolute atomic E-state index is 0.0778. The van der Waals surface area contributed by atoms with Crippen molar-refractivity contribution in [1.29, 1.82) is 0 Å². The van der Waals surface area contributed by atoms with E-state index in [0.717, 1.165) is 0 Å². The van der Waals surface area contributed by atoms with Crippen LogP contribution in [0.3, 0.4) is 0 Å². The first kappa shape index (κ1) is 8.25. The summed E-state index contributed by atoms with van der Waals surface area (Å²) in [7, 11) is 0. The number of rotatable bonds is 2. The van der Waals surface area contributed by atoms with E-state index in [1.165, 1.54) is 12.5 Å². The molecular formula is C8H10N2O3. The molecule has 1 N–H and O–H groups in total. The van der Waals surface area contributed by atoms with Gasteiger partial charge in [-0.2, -0.15) is 0 Å². The van der Waals surface area contributed by atoms with Gasteiger partial charge in [-0.15, -0.1) is 0 Å². The monoisotopic (exact) mass is 182 g/mol. The molecule has 1 fully saturated rings. The van der Waals surface area contributed by atoms with Crippen LogP contribution in [0.5, 0.6) is 0 Å². The van der Waals surface area contributed by atoms with Gasteiger partial charge in [-0.3, -0.25) is 4.79 Å². The lowest BCUT2D eigenvalue weighted by atomic mass is 10.0. The van der Waals surface area contributed by atoms with Gasteiger partial charge in [0.1, 0.15) is 6.26 Å². The Morgan fingerprint density at radius 2 is 2.54 bits per heavy atom. The fourth-order valence-electron chi connectivity index (χ4n) is 1.34. The summed E-state index contributed by atoms with van der Waals surface area (Å²) in [5.41, 5.74) is 0.469. The van der Waals surface area contributed by atoms with Crippen LogP contribution in [0.1, 0.15) is 10.4 Å². The molecule has 1 amide bonds. The molecule has 2 heterocycles. The SMILES string of the molecule is O=C(c1cnoc1)N1CC(CO)C1. The van der Waals surface area contributed by atoms with E-state index in [9.17, 15) is 4.79 Å². The summed E-state index contributed by atoms with van der Waals surface area (Å²) in [6.07, 6.45) is 2.73. The van der Waals surface area contributed by atoms with Crippen LogP contribution in [0, 0.1) is 5.92 Å². The van der Waals surface area contributed by atoms with Crippen molar-refractivity contribution in [2.75, 3.05) is 19.7 Å². The van der Waals surface area contributed by atoms with Gasteiger partial charge in [0, 0.05) is 25.6 Å². The molecule has 0 bridgehead atoms. The maximum absolute atomic E-state index is 11.5. The number of amides is 1. The Balaban J connectivity index is 1.94. The van der Waals surface area contributed by atoms with E-state index in [4.69, 9.17) is 5.11 Å². The molecule has 1 aromatic rings. The second-order valence-corrected chi connectivity index (χ2v) is 3.17. The molecule has 70 valence electrons. The van der Waals surface area contributed by atoms with Crippen LogP contribution >= 0.6 is 0 Å². The van der Waals surface area contributed by atoms with Gasteiger partial charge in [-0.05, 0) is 0 Å². The standard InChI is InChI=1S/C8H10N2O3/c11-4-6-2-10(3-6)8(12)7-1-9-13-5-7/h1,5-6,11H,2-4H2. The third-order valence-corrected chi connectivity index (χ3v) is 2.18. The third-order valence-electron chi connectivity index (χ3n) is 2.18. The van der Waals surface area contributed by atoms with E-state index in [1.54, 1.807) is 4.90 Å². The maximum Gasteiger partial charge on any atom is 0.258 e. The van der Waals surface area contributed by atoms with Crippen molar-refractivity contribution in [3.63, 3.8) is 0 Å². The summed E-state index contributed by atoms with van der Waals surface area (Å²) in [5, 5.41) is 12.2. The minimum atomic E-state index is -0.0778. The second-order valence-electron chi connectivity index (χ2n) is 3.17. The average Bonchev–Trinajstić information content (AvgIpc) is 2.53.